The Morgan fingerprint density at radius 2 is 1.67 bits per heavy atom. The van der Waals surface area contributed by atoms with Crippen molar-refractivity contribution in [1.82, 2.24) is 4.98 Å². The van der Waals surface area contributed by atoms with Crippen molar-refractivity contribution in [2.24, 2.45) is 0 Å². The molecular formula is C27H26N2O4. The highest BCUT2D eigenvalue weighted by Crippen LogP contribution is 2.28. The van der Waals surface area contributed by atoms with Gasteiger partial charge >= 0.3 is 5.97 Å². The van der Waals surface area contributed by atoms with E-state index in [2.05, 4.69) is 24.1 Å². The van der Waals surface area contributed by atoms with Crippen molar-refractivity contribution in [3.05, 3.63) is 83.9 Å². The number of carbonyl (C=O) groups excluding carboxylic acids is 2. The highest BCUT2D eigenvalue weighted by molar-refractivity contribution is 6.00. The van der Waals surface area contributed by atoms with Gasteiger partial charge in [-0.15, -0.1) is 0 Å². The third-order valence-corrected chi connectivity index (χ3v) is 5.43. The smallest absolute Gasteiger partial charge is 0.339 e. The molecule has 1 unspecified atom stereocenters. The second-order valence-corrected chi connectivity index (χ2v) is 8.10. The van der Waals surface area contributed by atoms with Gasteiger partial charge in [0.1, 0.15) is 5.52 Å². The number of fused-ring (bicyclic) bond motifs is 1. The van der Waals surface area contributed by atoms with E-state index in [0.29, 0.717) is 40.6 Å². The van der Waals surface area contributed by atoms with Gasteiger partial charge in [-0.05, 0) is 54.3 Å². The van der Waals surface area contributed by atoms with Crippen LogP contribution in [0.2, 0.25) is 0 Å². The summed E-state index contributed by atoms with van der Waals surface area (Å²) in [5.41, 5.74) is 3.97. The van der Waals surface area contributed by atoms with Gasteiger partial charge in [0.2, 0.25) is 5.89 Å². The van der Waals surface area contributed by atoms with Crippen molar-refractivity contribution >= 4 is 28.7 Å². The van der Waals surface area contributed by atoms with E-state index in [1.807, 2.05) is 48.5 Å². The normalized spacial score (nSPS) is 12.0. The zero-order chi connectivity index (χ0) is 23.4. The van der Waals surface area contributed by atoms with Crippen LogP contribution < -0.4 is 5.32 Å². The Morgan fingerprint density at radius 1 is 0.970 bits per heavy atom. The molecule has 1 amide bonds. The molecule has 0 aliphatic rings. The predicted octanol–water partition coefficient (Wildman–Crippen LogP) is 6.19. The summed E-state index contributed by atoms with van der Waals surface area (Å²) < 4.78 is 11.4. The number of rotatable bonds is 7. The summed E-state index contributed by atoms with van der Waals surface area (Å²) in [5, 5.41) is 2.83. The van der Waals surface area contributed by atoms with E-state index < -0.39 is 12.1 Å². The number of nitrogens with zero attached hydrogens (tertiary/aromatic N) is 1. The molecule has 1 heterocycles. The van der Waals surface area contributed by atoms with Crippen LogP contribution >= 0.6 is 0 Å². The number of carbonyl (C=O) groups is 2. The molecule has 1 N–H and O–H groups in total. The summed E-state index contributed by atoms with van der Waals surface area (Å²) in [5.74, 6) is -0.251. The van der Waals surface area contributed by atoms with Crippen LogP contribution in [0.25, 0.3) is 22.6 Å². The highest BCUT2D eigenvalue weighted by Gasteiger charge is 2.25. The second-order valence-electron chi connectivity index (χ2n) is 8.10. The van der Waals surface area contributed by atoms with E-state index in [-0.39, 0.29) is 11.5 Å². The SMILES string of the molecule is CCC(OC(=O)c1ccccc1-c1nc2ccccc2o1)C(=O)Nc1ccc(C(C)C)cc1. The Labute approximate surface area is 192 Å². The number of aromatic nitrogens is 1. The molecule has 6 heteroatoms. The number of benzene rings is 3. The van der Waals surface area contributed by atoms with Crippen LogP contribution in [-0.2, 0) is 9.53 Å². The number of hydrogen-bond donors (Lipinski definition) is 1. The van der Waals surface area contributed by atoms with Crippen molar-refractivity contribution < 1.29 is 18.7 Å². The lowest BCUT2D eigenvalue weighted by Crippen LogP contribution is -2.32. The first-order valence-electron chi connectivity index (χ1n) is 11.0. The number of para-hydroxylation sites is 2. The van der Waals surface area contributed by atoms with Gasteiger partial charge in [0, 0.05) is 5.69 Å². The van der Waals surface area contributed by atoms with Crippen LogP contribution in [-0.4, -0.2) is 23.0 Å². The lowest BCUT2D eigenvalue weighted by molar-refractivity contribution is -0.124. The topological polar surface area (TPSA) is 81.4 Å². The van der Waals surface area contributed by atoms with Crippen LogP contribution in [0.4, 0.5) is 5.69 Å². The van der Waals surface area contributed by atoms with E-state index in [9.17, 15) is 9.59 Å². The summed E-state index contributed by atoms with van der Waals surface area (Å²) in [6, 6.07) is 22.0. The number of anilines is 1. The number of nitrogens with one attached hydrogen (secondary N) is 1. The summed E-state index contributed by atoms with van der Waals surface area (Å²) in [6.07, 6.45) is -0.592. The van der Waals surface area contributed by atoms with E-state index >= 15 is 0 Å². The van der Waals surface area contributed by atoms with Crippen LogP contribution in [0.15, 0.2) is 77.2 Å². The molecule has 0 radical (unpaired) electrons. The quantitative estimate of drug-likeness (QED) is 0.345. The number of ether oxygens (including phenoxy) is 1. The van der Waals surface area contributed by atoms with Gasteiger partial charge < -0.3 is 14.5 Å². The van der Waals surface area contributed by atoms with Gasteiger partial charge in [-0.1, -0.05) is 57.2 Å². The molecule has 4 aromatic rings. The van der Waals surface area contributed by atoms with Gasteiger partial charge in [-0.3, -0.25) is 4.79 Å². The third kappa shape index (κ3) is 4.95. The third-order valence-electron chi connectivity index (χ3n) is 5.43. The standard InChI is InChI=1S/C27H26N2O4/c1-4-23(25(30)28-19-15-13-18(14-16-19)17(2)3)33-27(31)21-10-6-5-9-20(21)26-29-22-11-7-8-12-24(22)32-26/h5-17,23H,4H2,1-3H3,(H,28,30). The molecule has 4 rings (SSSR count). The largest absolute Gasteiger partial charge is 0.449 e. The zero-order valence-electron chi connectivity index (χ0n) is 18.9. The van der Waals surface area contributed by atoms with Gasteiger partial charge in [-0.2, -0.15) is 0 Å². The molecule has 6 nitrogen and oxygen atoms in total. The number of esters is 1. The van der Waals surface area contributed by atoms with Crippen LogP contribution in [0.3, 0.4) is 0 Å². The monoisotopic (exact) mass is 442 g/mol. The van der Waals surface area contributed by atoms with Crippen molar-refractivity contribution in [3.8, 4) is 11.5 Å². The number of hydrogen-bond acceptors (Lipinski definition) is 5. The molecule has 0 bridgehead atoms. The van der Waals surface area contributed by atoms with Crippen molar-refractivity contribution in [1.29, 1.82) is 0 Å². The highest BCUT2D eigenvalue weighted by atomic mass is 16.5. The molecule has 0 fully saturated rings. The van der Waals surface area contributed by atoms with Crippen LogP contribution in [0, 0.1) is 0 Å². The molecule has 33 heavy (non-hydrogen) atoms. The first-order valence-corrected chi connectivity index (χ1v) is 11.0. The minimum atomic E-state index is -0.932. The lowest BCUT2D eigenvalue weighted by Gasteiger charge is -2.17. The van der Waals surface area contributed by atoms with E-state index in [1.54, 1.807) is 31.2 Å². The fourth-order valence-corrected chi connectivity index (χ4v) is 3.52. The van der Waals surface area contributed by atoms with E-state index in [4.69, 9.17) is 9.15 Å². The fourth-order valence-electron chi connectivity index (χ4n) is 3.52. The molecule has 0 saturated carbocycles. The molecule has 0 saturated heterocycles. The minimum Gasteiger partial charge on any atom is -0.449 e. The number of oxazole rings is 1. The first-order chi connectivity index (χ1) is 16.0. The molecular weight excluding hydrogens is 416 g/mol. The molecule has 1 atom stereocenters. The van der Waals surface area contributed by atoms with Crippen molar-refractivity contribution in [2.75, 3.05) is 5.32 Å². The Balaban J connectivity index is 1.51. The van der Waals surface area contributed by atoms with E-state index in [1.165, 1.54) is 5.56 Å². The zero-order valence-corrected chi connectivity index (χ0v) is 18.9. The Morgan fingerprint density at radius 3 is 2.36 bits per heavy atom. The van der Waals surface area contributed by atoms with Crippen molar-refractivity contribution in [2.45, 2.75) is 39.2 Å². The average molecular weight is 443 g/mol. The summed E-state index contributed by atoms with van der Waals surface area (Å²) in [6.45, 7) is 6.02. The van der Waals surface area contributed by atoms with Crippen LogP contribution in [0.5, 0.6) is 0 Å². The lowest BCUT2D eigenvalue weighted by atomic mass is 10.0. The van der Waals surface area contributed by atoms with Gasteiger partial charge in [0.25, 0.3) is 5.91 Å². The molecule has 0 aliphatic heterocycles. The Bertz CT molecular complexity index is 1240. The summed E-state index contributed by atoms with van der Waals surface area (Å²) in [4.78, 5) is 30.3. The summed E-state index contributed by atoms with van der Waals surface area (Å²) in [7, 11) is 0. The van der Waals surface area contributed by atoms with E-state index in [0.717, 1.165) is 0 Å². The number of amides is 1. The maximum Gasteiger partial charge on any atom is 0.339 e. The first kappa shape index (κ1) is 22.3. The van der Waals surface area contributed by atoms with Gasteiger partial charge in [0.15, 0.2) is 11.7 Å². The van der Waals surface area contributed by atoms with Gasteiger partial charge in [0.05, 0.1) is 11.1 Å². The molecule has 1 aromatic heterocycles. The molecule has 0 spiro atoms. The maximum atomic E-state index is 13.0. The minimum absolute atomic E-state index is 0.289. The summed E-state index contributed by atoms with van der Waals surface area (Å²) >= 11 is 0. The Hall–Kier alpha value is -3.93. The second kappa shape index (κ2) is 9.69. The fraction of sp³-hybridized carbons (Fsp3) is 0.222. The molecule has 3 aromatic carbocycles. The van der Waals surface area contributed by atoms with Crippen LogP contribution in [0.1, 0.15) is 49.0 Å². The van der Waals surface area contributed by atoms with Gasteiger partial charge in [-0.25, -0.2) is 9.78 Å². The average Bonchev–Trinajstić information content (AvgIpc) is 3.27. The van der Waals surface area contributed by atoms with Crippen molar-refractivity contribution in [3.63, 3.8) is 0 Å². The Kier molecular flexibility index (Phi) is 6.54. The molecule has 0 aliphatic carbocycles. The maximum absolute atomic E-state index is 13.0. The predicted molar refractivity (Wildman–Crippen MR) is 128 cm³/mol. The molecule has 168 valence electrons.